The van der Waals surface area contributed by atoms with E-state index in [4.69, 9.17) is 16.3 Å². The largest absolute Gasteiger partial charge is 0.461 e. The Hall–Kier alpha value is -1.14. The lowest BCUT2D eigenvalue weighted by atomic mass is 10.5. The van der Waals surface area contributed by atoms with E-state index in [0.717, 1.165) is 19.6 Å². The molecule has 0 spiro atoms. The van der Waals surface area contributed by atoms with Crippen LogP contribution in [0.1, 0.15) is 20.8 Å². The summed E-state index contributed by atoms with van der Waals surface area (Å²) in [6, 6.07) is 0.247. The van der Waals surface area contributed by atoms with Gasteiger partial charge in [0.2, 0.25) is 11.2 Å². The third-order valence-electron chi connectivity index (χ3n) is 2.25. The van der Waals surface area contributed by atoms with Gasteiger partial charge in [-0.2, -0.15) is 15.0 Å². The van der Waals surface area contributed by atoms with Crippen molar-refractivity contribution < 1.29 is 4.74 Å². The minimum Gasteiger partial charge on any atom is -0.461 e. The Balaban J connectivity index is 2.57. The van der Waals surface area contributed by atoms with E-state index in [-0.39, 0.29) is 17.4 Å². The molecule has 1 aromatic heterocycles. The van der Waals surface area contributed by atoms with Crippen LogP contribution in [0, 0.1) is 0 Å². The van der Waals surface area contributed by atoms with E-state index in [0.29, 0.717) is 5.95 Å². The first-order chi connectivity index (χ1) is 8.51. The van der Waals surface area contributed by atoms with Gasteiger partial charge >= 0.3 is 6.01 Å². The van der Waals surface area contributed by atoms with Gasteiger partial charge in [0, 0.05) is 13.1 Å². The highest BCUT2D eigenvalue weighted by atomic mass is 35.5. The van der Waals surface area contributed by atoms with Crippen LogP contribution >= 0.6 is 11.6 Å². The highest BCUT2D eigenvalue weighted by Crippen LogP contribution is 2.12. The molecule has 0 aliphatic carbocycles. The minimum absolute atomic E-state index is 0.00235. The number of anilines is 1. The molecule has 1 rings (SSSR count). The number of nitrogens with zero attached hydrogens (tertiary/aromatic N) is 4. The summed E-state index contributed by atoms with van der Waals surface area (Å²) in [5.74, 6) is 0.440. The van der Waals surface area contributed by atoms with E-state index in [1.54, 1.807) is 0 Å². The standard InChI is InChI=1S/C11H20ClN5O/c1-5-17(4)7-6-13-10-14-9(12)15-11(16-10)18-8(2)3/h8H,5-7H2,1-4H3,(H,13,14,15,16). The molecule has 0 saturated carbocycles. The van der Waals surface area contributed by atoms with Gasteiger partial charge in [-0.05, 0) is 39.0 Å². The molecule has 102 valence electrons. The maximum absolute atomic E-state index is 5.81. The second-order valence-corrected chi connectivity index (χ2v) is 4.54. The van der Waals surface area contributed by atoms with E-state index >= 15 is 0 Å². The van der Waals surface area contributed by atoms with Crippen molar-refractivity contribution in [3.63, 3.8) is 0 Å². The summed E-state index contributed by atoms with van der Waals surface area (Å²) in [5, 5.41) is 3.23. The lowest BCUT2D eigenvalue weighted by molar-refractivity contribution is 0.222. The molecule has 0 aliphatic heterocycles. The fourth-order valence-corrected chi connectivity index (χ4v) is 1.34. The Kier molecular flexibility index (Phi) is 6.07. The highest BCUT2D eigenvalue weighted by molar-refractivity contribution is 6.28. The first-order valence-electron chi connectivity index (χ1n) is 6.02. The van der Waals surface area contributed by atoms with Crippen LogP contribution in [0.15, 0.2) is 0 Å². The molecular formula is C11H20ClN5O. The van der Waals surface area contributed by atoms with Gasteiger partial charge in [0.1, 0.15) is 0 Å². The maximum atomic E-state index is 5.81. The monoisotopic (exact) mass is 273 g/mol. The Morgan fingerprint density at radius 3 is 2.67 bits per heavy atom. The molecule has 7 heteroatoms. The lowest BCUT2D eigenvalue weighted by Gasteiger charge is -2.14. The van der Waals surface area contributed by atoms with E-state index in [1.807, 2.05) is 13.8 Å². The van der Waals surface area contributed by atoms with Crippen molar-refractivity contribution in [1.29, 1.82) is 0 Å². The highest BCUT2D eigenvalue weighted by Gasteiger charge is 2.07. The van der Waals surface area contributed by atoms with Crippen LogP contribution in [0.25, 0.3) is 0 Å². The molecule has 0 unspecified atom stereocenters. The summed E-state index contributed by atoms with van der Waals surface area (Å²) in [6.45, 7) is 8.56. The van der Waals surface area contributed by atoms with Crippen LogP contribution in [-0.2, 0) is 0 Å². The number of rotatable bonds is 7. The third kappa shape index (κ3) is 5.46. The number of halogens is 1. The number of aromatic nitrogens is 3. The lowest BCUT2D eigenvalue weighted by Crippen LogP contribution is -2.25. The minimum atomic E-state index is 0.00235. The van der Waals surface area contributed by atoms with E-state index in [9.17, 15) is 0 Å². The third-order valence-corrected chi connectivity index (χ3v) is 2.41. The SMILES string of the molecule is CCN(C)CCNc1nc(Cl)nc(OC(C)C)n1. The number of likely N-dealkylation sites (N-methyl/N-ethyl adjacent to an activating group) is 1. The van der Waals surface area contributed by atoms with Crippen molar-refractivity contribution in [1.82, 2.24) is 19.9 Å². The van der Waals surface area contributed by atoms with E-state index in [2.05, 4.69) is 39.1 Å². The van der Waals surface area contributed by atoms with Gasteiger partial charge in [-0.1, -0.05) is 6.92 Å². The van der Waals surface area contributed by atoms with Gasteiger partial charge < -0.3 is 15.0 Å². The van der Waals surface area contributed by atoms with Gasteiger partial charge in [0.05, 0.1) is 6.10 Å². The zero-order valence-corrected chi connectivity index (χ0v) is 12.0. The van der Waals surface area contributed by atoms with Crippen molar-refractivity contribution in [2.24, 2.45) is 0 Å². The van der Waals surface area contributed by atoms with Gasteiger partial charge in [0.25, 0.3) is 0 Å². The second-order valence-electron chi connectivity index (χ2n) is 4.20. The molecule has 0 saturated heterocycles. The Morgan fingerprint density at radius 1 is 1.33 bits per heavy atom. The zero-order valence-electron chi connectivity index (χ0n) is 11.3. The quantitative estimate of drug-likeness (QED) is 0.815. The molecule has 0 fully saturated rings. The summed E-state index contributed by atoms with van der Waals surface area (Å²) >= 11 is 5.81. The Labute approximate surface area is 113 Å². The average Bonchev–Trinajstić information content (AvgIpc) is 2.27. The molecule has 0 atom stereocenters. The maximum Gasteiger partial charge on any atom is 0.322 e. The molecule has 0 bridgehead atoms. The fraction of sp³-hybridized carbons (Fsp3) is 0.727. The molecule has 0 aromatic carbocycles. The van der Waals surface area contributed by atoms with E-state index in [1.165, 1.54) is 0 Å². The summed E-state index contributed by atoms with van der Waals surface area (Å²) in [5.41, 5.74) is 0. The predicted molar refractivity (Wildman–Crippen MR) is 72.3 cm³/mol. The Morgan fingerprint density at radius 2 is 2.06 bits per heavy atom. The van der Waals surface area contributed by atoms with Crippen molar-refractivity contribution >= 4 is 17.5 Å². The van der Waals surface area contributed by atoms with Gasteiger partial charge in [0.15, 0.2) is 0 Å². The van der Waals surface area contributed by atoms with Crippen LogP contribution in [0.3, 0.4) is 0 Å². The van der Waals surface area contributed by atoms with Gasteiger partial charge in [-0.3, -0.25) is 0 Å². The topological polar surface area (TPSA) is 63.2 Å². The first kappa shape index (κ1) is 14.9. The number of hydrogen-bond donors (Lipinski definition) is 1. The van der Waals surface area contributed by atoms with Crippen molar-refractivity contribution in [2.75, 3.05) is 32.0 Å². The van der Waals surface area contributed by atoms with Gasteiger partial charge in [-0.25, -0.2) is 0 Å². The second kappa shape index (κ2) is 7.33. The van der Waals surface area contributed by atoms with Crippen LogP contribution in [0.4, 0.5) is 5.95 Å². The van der Waals surface area contributed by atoms with Crippen molar-refractivity contribution in [2.45, 2.75) is 26.9 Å². The molecule has 1 heterocycles. The van der Waals surface area contributed by atoms with Crippen molar-refractivity contribution in [3.8, 4) is 6.01 Å². The normalized spacial score (nSPS) is 11.1. The summed E-state index contributed by atoms with van der Waals surface area (Å²) in [6.07, 6.45) is 0.00235. The molecule has 1 aromatic rings. The molecule has 1 N–H and O–H groups in total. The number of nitrogens with one attached hydrogen (secondary N) is 1. The molecule has 6 nitrogen and oxygen atoms in total. The Bertz CT molecular complexity index is 374. The molecule has 0 aliphatic rings. The zero-order chi connectivity index (χ0) is 13.5. The van der Waals surface area contributed by atoms with Gasteiger partial charge in [-0.15, -0.1) is 0 Å². The van der Waals surface area contributed by atoms with Crippen LogP contribution in [0.5, 0.6) is 6.01 Å². The van der Waals surface area contributed by atoms with Crippen molar-refractivity contribution in [3.05, 3.63) is 5.28 Å². The average molecular weight is 274 g/mol. The molecular weight excluding hydrogens is 254 g/mol. The summed E-state index contributed by atoms with van der Waals surface area (Å²) < 4.78 is 5.39. The summed E-state index contributed by atoms with van der Waals surface area (Å²) in [4.78, 5) is 14.2. The smallest absolute Gasteiger partial charge is 0.322 e. The van der Waals surface area contributed by atoms with Crippen LogP contribution in [-0.4, -0.2) is 52.6 Å². The van der Waals surface area contributed by atoms with E-state index < -0.39 is 0 Å². The number of hydrogen-bond acceptors (Lipinski definition) is 6. The summed E-state index contributed by atoms with van der Waals surface area (Å²) in [7, 11) is 2.05. The van der Waals surface area contributed by atoms with Crippen LogP contribution in [0.2, 0.25) is 5.28 Å². The molecule has 0 radical (unpaired) electrons. The first-order valence-corrected chi connectivity index (χ1v) is 6.39. The molecule has 18 heavy (non-hydrogen) atoms. The fourth-order valence-electron chi connectivity index (χ4n) is 1.19. The predicted octanol–water partition coefficient (Wildman–Crippen LogP) is 1.68. The number of ether oxygens (including phenoxy) is 1. The molecule has 0 amide bonds. The van der Waals surface area contributed by atoms with Crippen LogP contribution < -0.4 is 10.1 Å².